The first-order valence-corrected chi connectivity index (χ1v) is 12.3. The Kier molecular flexibility index (Phi) is 6.75. The van der Waals surface area contributed by atoms with Gasteiger partial charge in [0.05, 0.1) is 18.4 Å². The molecule has 2 aliphatic heterocycles. The highest BCUT2D eigenvalue weighted by Gasteiger charge is 2.50. The minimum atomic E-state index is -1.12. The average Bonchev–Trinajstić information content (AvgIpc) is 3.67. The average molecular weight is 492 g/mol. The number of hydrogen-bond acceptors (Lipinski definition) is 10. The number of likely N-dealkylation sites (tertiary alicyclic amines) is 1. The number of nitrogens with one attached hydrogen (secondary N) is 1. The summed E-state index contributed by atoms with van der Waals surface area (Å²) < 4.78 is 0. The molecule has 2 aromatic rings. The second-order valence-corrected chi connectivity index (χ2v) is 9.61. The maximum atomic E-state index is 12.6. The van der Waals surface area contributed by atoms with E-state index in [-0.39, 0.29) is 17.9 Å². The zero-order valence-electron chi connectivity index (χ0n) is 20.0. The molecule has 2 amide bonds. The van der Waals surface area contributed by atoms with Crippen molar-refractivity contribution in [1.29, 1.82) is 5.26 Å². The van der Waals surface area contributed by atoms with Crippen LogP contribution in [-0.4, -0.2) is 104 Å². The predicted molar refractivity (Wildman–Crippen MR) is 128 cm³/mol. The SMILES string of the molecule is N#Cc1ccc(-c2cnnc(N3CCN(CC(=O)NC4CCN(C(=O)C5(O)CC5)CC4)CC3)n2)cn1. The Bertz CT molecular complexity index is 1150. The molecule has 0 aromatic carbocycles. The number of aliphatic hydroxyl groups is 1. The number of anilines is 1. The van der Waals surface area contributed by atoms with Gasteiger partial charge in [-0.2, -0.15) is 10.4 Å². The van der Waals surface area contributed by atoms with E-state index in [2.05, 4.69) is 30.4 Å². The lowest BCUT2D eigenvalue weighted by Crippen LogP contribution is -2.53. The van der Waals surface area contributed by atoms with Gasteiger partial charge in [0.1, 0.15) is 17.4 Å². The van der Waals surface area contributed by atoms with Gasteiger partial charge in [-0.1, -0.05) is 0 Å². The molecule has 4 heterocycles. The summed E-state index contributed by atoms with van der Waals surface area (Å²) in [6.45, 7) is 4.20. The molecular weight excluding hydrogens is 462 g/mol. The van der Waals surface area contributed by atoms with Crippen molar-refractivity contribution < 1.29 is 14.7 Å². The van der Waals surface area contributed by atoms with Crippen molar-refractivity contribution in [3.05, 3.63) is 30.2 Å². The van der Waals surface area contributed by atoms with Crippen LogP contribution in [0.1, 0.15) is 31.4 Å². The number of piperidine rings is 1. The summed E-state index contributed by atoms with van der Waals surface area (Å²) in [6, 6.07) is 5.48. The molecule has 0 unspecified atom stereocenters. The van der Waals surface area contributed by atoms with Gasteiger partial charge in [-0.05, 0) is 37.8 Å². The summed E-state index contributed by atoms with van der Waals surface area (Å²) in [4.78, 5) is 39.5. The summed E-state index contributed by atoms with van der Waals surface area (Å²) in [5.74, 6) is 0.351. The third kappa shape index (κ3) is 5.42. The van der Waals surface area contributed by atoms with Crippen molar-refractivity contribution >= 4 is 17.8 Å². The first-order valence-electron chi connectivity index (χ1n) is 12.3. The largest absolute Gasteiger partial charge is 0.380 e. The molecule has 1 aliphatic carbocycles. The molecule has 12 nitrogen and oxygen atoms in total. The molecule has 0 spiro atoms. The number of nitriles is 1. The van der Waals surface area contributed by atoms with Crippen molar-refractivity contribution in [3.8, 4) is 17.3 Å². The van der Waals surface area contributed by atoms with Crippen LogP contribution in [0.4, 0.5) is 5.95 Å². The summed E-state index contributed by atoms with van der Waals surface area (Å²) in [7, 11) is 0. The standard InChI is InChI=1S/C24H29N9O3/c25-13-19-2-1-17(14-26-19)20-15-27-30-23(29-20)33-11-9-31(10-12-33)16-21(34)28-18-3-7-32(8-4-18)22(35)24(36)5-6-24/h1-2,14-15,18,36H,3-12,16H2,(H,28,34). The number of carbonyl (C=O) groups is 2. The van der Waals surface area contributed by atoms with Crippen molar-refractivity contribution in [2.75, 3.05) is 50.7 Å². The van der Waals surface area contributed by atoms with Gasteiger partial charge in [0.25, 0.3) is 5.91 Å². The van der Waals surface area contributed by atoms with Crippen molar-refractivity contribution in [3.63, 3.8) is 0 Å². The van der Waals surface area contributed by atoms with Gasteiger partial charge < -0.3 is 20.2 Å². The maximum absolute atomic E-state index is 12.6. The number of nitrogens with zero attached hydrogens (tertiary/aromatic N) is 8. The van der Waals surface area contributed by atoms with Gasteiger partial charge in [0.2, 0.25) is 11.9 Å². The Balaban J connectivity index is 1.07. The Morgan fingerprint density at radius 1 is 1.11 bits per heavy atom. The van der Waals surface area contributed by atoms with E-state index in [0.717, 1.165) is 5.56 Å². The number of piperazine rings is 1. The van der Waals surface area contributed by atoms with E-state index >= 15 is 0 Å². The molecule has 12 heteroatoms. The summed E-state index contributed by atoms with van der Waals surface area (Å²) in [5.41, 5.74) is 0.619. The van der Waals surface area contributed by atoms with Gasteiger partial charge in [-0.25, -0.2) is 9.97 Å². The monoisotopic (exact) mass is 491 g/mol. The van der Waals surface area contributed by atoms with E-state index in [4.69, 9.17) is 5.26 Å². The number of pyridine rings is 1. The number of carbonyl (C=O) groups excluding carboxylic acids is 2. The van der Waals surface area contributed by atoms with Crippen molar-refractivity contribution in [2.24, 2.45) is 0 Å². The number of amides is 2. The molecule has 1 saturated carbocycles. The minimum Gasteiger partial charge on any atom is -0.380 e. The zero-order valence-corrected chi connectivity index (χ0v) is 20.0. The van der Waals surface area contributed by atoms with Crippen LogP contribution in [-0.2, 0) is 9.59 Å². The number of aromatic nitrogens is 4. The Hall–Kier alpha value is -3.69. The van der Waals surface area contributed by atoms with E-state index in [9.17, 15) is 14.7 Å². The Morgan fingerprint density at radius 3 is 2.50 bits per heavy atom. The third-order valence-electron chi connectivity index (χ3n) is 7.01. The van der Waals surface area contributed by atoms with Gasteiger partial charge in [-0.15, -0.1) is 5.10 Å². The second-order valence-electron chi connectivity index (χ2n) is 9.61. The van der Waals surface area contributed by atoms with Gasteiger partial charge >= 0.3 is 0 Å². The molecule has 188 valence electrons. The molecule has 36 heavy (non-hydrogen) atoms. The van der Waals surface area contributed by atoms with Gasteiger partial charge in [-0.3, -0.25) is 14.5 Å². The quantitative estimate of drug-likeness (QED) is 0.544. The van der Waals surface area contributed by atoms with E-state index in [1.165, 1.54) is 0 Å². The van der Waals surface area contributed by atoms with Gasteiger partial charge in [0, 0.05) is 57.1 Å². The lowest BCUT2D eigenvalue weighted by atomic mass is 10.0. The highest BCUT2D eigenvalue weighted by atomic mass is 16.3. The van der Waals surface area contributed by atoms with Crippen LogP contribution in [0.3, 0.4) is 0 Å². The van der Waals surface area contributed by atoms with E-state index in [0.29, 0.717) is 88.8 Å². The van der Waals surface area contributed by atoms with Crippen molar-refractivity contribution in [2.45, 2.75) is 37.3 Å². The fourth-order valence-corrected chi connectivity index (χ4v) is 4.61. The highest BCUT2D eigenvalue weighted by Crippen LogP contribution is 2.37. The van der Waals surface area contributed by atoms with Crippen LogP contribution in [0.2, 0.25) is 0 Å². The predicted octanol–water partition coefficient (Wildman–Crippen LogP) is -0.441. The van der Waals surface area contributed by atoms with Crippen LogP contribution >= 0.6 is 0 Å². The molecule has 0 bridgehead atoms. The molecule has 2 saturated heterocycles. The molecule has 3 aliphatic rings. The van der Waals surface area contributed by atoms with Crippen LogP contribution < -0.4 is 10.2 Å². The Labute approximate surface area is 208 Å². The summed E-state index contributed by atoms with van der Waals surface area (Å²) in [6.07, 6.45) is 5.69. The van der Waals surface area contributed by atoms with Crippen LogP contribution in [0.15, 0.2) is 24.5 Å². The van der Waals surface area contributed by atoms with Crippen LogP contribution in [0.25, 0.3) is 11.3 Å². The van der Waals surface area contributed by atoms with E-state index in [1.54, 1.807) is 29.4 Å². The third-order valence-corrected chi connectivity index (χ3v) is 7.01. The van der Waals surface area contributed by atoms with Gasteiger partial charge in [0.15, 0.2) is 0 Å². The van der Waals surface area contributed by atoms with E-state index in [1.807, 2.05) is 11.0 Å². The van der Waals surface area contributed by atoms with Crippen molar-refractivity contribution in [1.82, 2.24) is 35.3 Å². The molecule has 2 N–H and O–H groups in total. The zero-order chi connectivity index (χ0) is 25.1. The molecular formula is C24H29N9O3. The summed E-state index contributed by atoms with van der Waals surface area (Å²) in [5, 5.41) is 30.3. The van der Waals surface area contributed by atoms with E-state index < -0.39 is 5.60 Å². The lowest BCUT2D eigenvalue weighted by Gasteiger charge is -2.35. The molecule has 0 atom stereocenters. The minimum absolute atomic E-state index is 0.0118. The maximum Gasteiger partial charge on any atom is 0.254 e. The normalized spacial score (nSPS) is 20.0. The van der Waals surface area contributed by atoms with Crippen LogP contribution in [0.5, 0.6) is 0 Å². The highest BCUT2D eigenvalue weighted by molar-refractivity contribution is 5.88. The topological polar surface area (TPSA) is 151 Å². The fraction of sp³-hybridized carbons (Fsp3) is 0.542. The fourth-order valence-electron chi connectivity index (χ4n) is 4.61. The van der Waals surface area contributed by atoms with Crippen LogP contribution in [0, 0.1) is 11.3 Å². The molecule has 3 fully saturated rings. The smallest absolute Gasteiger partial charge is 0.254 e. The first kappa shape index (κ1) is 24.0. The molecule has 0 radical (unpaired) electrons. The summed E-state index contributed by atoms with van der Waals surface area (Å²) >= 11 is 0. The number of rotatable bonds is 6. The Morgan fingerprint density at radius 2 is 1.86 bits per heavy atom. The molecule has 5 rings (SSSR count). The second kappa shape index (κ2) is 10.1. The molecule has 2 aromatic heterocycles. The first-order chi connectivity index (χ1) is 17.4. The lowest BCUT2D eigenvalue weighted by molar-refractivity contribution is -0.143. The number of hydrogen-bond donors (Lipinski definition) is 2.